The lowest BCUT2D eigenvalue weighted by atomic mass is 9.98. The number of pyridine rings is 1. The third-order valence-electron chi connectivity index (χ3n) is 5.74. The van der Waals surface area contributed by atoms with Crippen LogP contribution in [0.15, 0.2) is 42.7 Å². The van der Waals surface area contributed by atoms with Gasteiger partial charge in [0.1, 0.15) is 12.3 Å². The molecule has 0 fully saturated rings. The Morgan fingerprint density at radius 2 is 1.94 bits per heavy atom. The molecule has 0 radical (unpaired) electrons. The Balaban J connectivity index is 1.51. The first-order valence-electron chi connectivity index (χ1n) is 10.8. The van der Waals surface area contributed by atoms with Gasteiger partial charge in [-0.2, -0.15) is 0 Å². The molecule has 2 aromatic heterocycles. The van der Waals surface area contributed by atoms with Crippen LogP contribution >= 0.6 is 0 Å². The number of sulfone groups is 1. The van der Waals surface area contributed by atoms with Crippen molar-refractivity contribution in [3.05, 3.63) is 59.7 Å². The van der Waals surface area contributed by atoms with Crippen molar-refractivity contribution < 1.29 is 17.5 Å². The highest BCUT2D eigenvalue weighted by atomic mass is 32.2. The Hall–Kier alpha value is -3.99. The fourth-order valence-corrected chi connectivity index (χ4v) is 4.84. The average Bonchev–Trinajstić information content (AvgIpc) is 2.82. The van der Waals surface area contributed by atoms with Crippen LogP contribution in [0, 0.1) is 12.7 Å². The fraction of sp³-hybridized carbons (Fsp3) is 0.208. The summed E-state index contributed by atoms with van der Waals surface area (Å²) in [6, 6.07) is 8.56. The van der Waals surface area contributed by atoms with Crippen LogP contribution in [-0.4, -0.2) is 42.8 Å². The summed E-state index contributed by atoms with van der Waals surface area (Å²) in [5.41, 5.74) is 10.3. The second kappa shape index (κ2) is 8.66. The van der Waals surface area contributed by atoms with Gasteiger partial charge in [-0.25, -0.2) is 27.8 Å². The highest BCUT2D eigenvalue weighted by Crippen LogP contribution is 2.39. The van der Waals surface area contributed by atoms with E-state index in [2.05, 4.69) is 25.6 Å². The maximum Gasteiger partial charge on any atom is 0.237 e. The summed E-state index contributed by atoms with van der Waals surface area (Å²) in [5, 5.41) is 6.74. The van der Waals surface area contributed by atoms with Gasteiger partial charge in [-0.1, -0.05) is 12.1 Å². The van der Waals surface area contributed by atoms with Crippen molar-refractivity contribution in [3.63, 3.8) is 0 Å². The molecular weight excluding hydrogens is 471 g/mol. The summed E-state index contributed by atoms with van der Waals surface area (Å²) in [7, 11) is -3.12. The summed E-state index contributed by atoms with van der Waals surface area (Å²) in [5.74, 6) is 0.181. The number of hydrogen-bond acceptors (Lipinski definition) is 9. The first-order valence-corrected chi connectivity index (χ1v) is 12.9. The zero-order valence-corrected chi connectivity index (χ0v) is 19.9. The number of hydrogen-bond donors (Lipinski definition) is 3. The van der Waals surface area contributed by atoms with E-state index in [4.69, 9.17) is 10.5 Å². The molecule has 0 amide bonds. The van der Waals surface area contributed by atoms with E-state index in [0.717, 1.165) is 11.3 Å². The third-order valence-corrected chi connectivity index (χ3v) is 6.60. The Kier molecular flexibility index (Phi) is 5.64. The van der Waals surface area contributed by atoms with Gasteiger partial charge in [0.25, 0.3) is 0 Å². The highest BCUT2D eigenvalue weighted by molar-refractivity contribution is 7.89. The molecule has 0 atom stereocenters. The van der Waals surface area contributed by atoms with E-state index >= 15 is 4.39 Å². The van der Waals surface area contributed by atoms with E-state index in [1.807, 2.05) is 6.92 Å². The van der Waals surface area contributed by atoms with Crippen molar-refractivity contribution >= 4 is 43.8 Å². The van der Waals surface area contributed by atoms with E-state index in [0.29, 0.717) is 52.7 Å². The maximum absolute atomic E-state index is 15.3. The fourth-order valence-electron chi connectivity index (χ4n) is 4.04. The molecule has 11 heteroatoms. The van der Waals surface area contributed by atoms with Gasteiger partial charge in [-0.3, -0.25) is 0 Å². The standard InChI is InChI=1S/C24H23FN6O3S/c1-13-17(10-28-23-22(13)27-7-8-34-23)16-9-19-18(21(26)20(16)25)11-29-24(31-19)30-15-5-3-14(4-6-15)12-35(2,32)33/h3-6,9-11,27H,7-8,12,26H2,1-2H3,(H,29,30,31). The van der Waals surface area contributed by atoms with Crippen molar-refractivity contribution in [3.8, 4) is 17.0 Å². The molecule has 180 valence electrons. The molecule has 5 rings (SSSR count). The average molecular weight is 495 g/mol. The SMILES string of the molecule is Cc1c(-c2cc3nc(Nc4ccc(CS(C)(=O)=O)cc4)ncc3c(N)c2F)cnc2c1NCCO2. The number of benzene rings is 2. The van der Waals surface area contributed by atoms with Crippen LogP contribution in [0.25, 0.3) is 22.0 Å². The Morgan fingerprint density at radius 3 is 2.69 bits per heavy atom. The van der Waals surface area contributed by atoms with Gasteiger partial charge in [0.2, 0.25) is 11.8 Å². The number of nitrogens with one attached hydrogen (secondary N) is 2. The van der Waals surface area contributed by atoms with Gasteiger partial charge < -0.3 is 21.1 Å². The predicted octanol–water partition coefficient (Wildman–Crippen LogP) is 3.81. The normalized spacial score (nSPS) is 13.1. The number of anilines is 4. The van der Waals surface area contributed by atoms with Gasteiger partial charge in [0.05, 0.1) is 17.0 Å². The molecule has 1 aliphatic rings. The topological polar surface area (TPSA) is 132 Å². The van der Waals surface area contributed by atoms with Crippen molar-refractivity contribution in [2.45, 2.75) is 12.7 Å². The third kappa shape index (κ3) is 4.54. The second-order valence-electron chi connectivity index (χ2n) is 8.42. The summed E-state index contributed by atoms with van der Waals surface area (Å²) in [6.45, 7) is 3.03. The number of fused-ring (bicyclic) bond motifs is 2. The second-order valence-corrected chi connectivity index (χ2v) is 10.6. The van der Waals surface area contributed by atoms with Crippen molar-refractivity contribution in [2.75, 3.05) is 35.8 Å². The number of nitrogens with two attached hydrogens (primary N) is 1. The van der Waals surface area contributed by atoms with Crippen LogP contribution in [0.5, 0.6) is 5.88 Å². The lowest BCUT2D eigenvalue weighted by Gasteiger charge is -2.22. The quantitative estimate of drug-likeness (QED) is 0.354. The molecule has 9 nitrogen and oxygen atoms in total. The Morgan fingerprint density at radius 1 is 1.17 bits per heavy atom. The molecule has 4 aromatic rings. The van der Waals surface area contributed by atoms with Gasteiger partial charge in [0.15, 0.2) is 15.7 Å². The van der Waals surface area contributed by atoms with E-state index in [-0.39, 0.29) is 17.0 Å². The molecule has 3 heterocycles. The van der Waals surface area contributed by atoms with Crippen molar-refractivity contribution in [1.82, 2.24) is 15.0 Å². The van der Waals surface area contributed by atoms with Crippen LogP contribution in [0.2, 0.25) is 0 Å². The van der Waals surface area contributed by atoms with Crippen LogP contribution < -0.4 is 21.1 Å². The van der Waals surface area contributed by atoms with Gasteiger partial charge in [-0.05, 0) is 36.2 Å². The monoisotopic (exact) mass is 494 g/mol. The van der Waals surface area contributed by atoms with Crippen LogP contribution in [0.4, 0.5) is 27.4 Å². The van der Waals surface area contributed by atoms with E-state index < -0.39 is 15.7 Å². The molecule has 0 saturated heterocycles. The smallest absolute Gasteiger partial charge is 0.237 e. The first kappa shape index (κ1) is 22.8. The summed E-state index contributed by atoms with van der Waals surface area (Å²) < 4.78 is 43.9. The zero-order chi connectivity index (χ0) is 24.7. The van der Waals surface area contributed by atoms with Crippen LogP contribution in [0.1, 0.15) is 11.1 Å². The molecule has 2 aromatic carbocycles. The summed E-state index contributed by atoms with van der Waals surface area (Å²) in [6.07, 6.45) is 4.23. The molecule has 1 aliphatic heterocycles. The Labute approximate surface area is 201 Å². The minimum absolute atomic E-state index is 0.0357. The lowest BCUT2D eigenvalue weighted by molar-refractivity contribution is 0.310. The predicted molar refractivity (Wildman–Crippen MR) is 134 cm³/mol. The largest absolute Gasteiger partial charge is 0.474 e. The van der Waals surface area contributed by atoms with Crippen molar-refractivity contribution in [1.29, 1.82) is 0 Å². The number of aromatic nitrogens is 3. The molecule has 4 N–H and O–H groups in total. The molecule has 0 spiro atoms. The maximum atomic E-state index is 15.3. The molecule has 0 bridgehead atoms. The summed E-state index contributed by atoms with van der Waals surface area (Å²) >= 11 is 0. The minimum atomic E-state index is -3.12. The zero-order valence-electron chi connectivity index (χ0n) is 19.1. The van der Waals surface area contributed by atoms with Gasteiger partial charge in [0, 0.05) is 47.4 Å². The number of nitrogens with zero attached hydrogens (tertiary/aromatic N) is 3. The van der Waals surface area contributed by atoms with E-state index in [1.165, 1.54) is 12.5 Å². The van der Waals surface area contributed by atoms with Crippen LogP contribution in [-0.2, 0) is 15.6 Å². The highest BCUT2D eigenvalue weighted by Gasteiger charge is 2.21. The lowest BCUT2D eigenvalue weighted by Crippen LogP contribution is -2.20. The van der Waals surface area contributed by atoms with E-state index in [9.17, 15) is 8.42 Å². The molecular formula is C24H23FN6O3S. The van der Waals surface area contributed by atoms with Gasteiger partial charge in [-0.15, -0.1) is 0 Å². The van der Waals surface area contributed by atoms with Crippen molar-refractivity contribution in [2.24, 2.45) is 0 Å². The number of halogens is 1. The Bertz CT molecular complexity index is 1560. The molecule has 0 saturated carbocycles. The number of ether oxygens (including phenoxy) is 1. The first-order chi connectivity index (χ1) is 16.7. The molecule has 0 unspecified atom stereocenters. The van der Waals surface area contributed by atoms with Crippen LogP contribution in [0.3, 0.4) is 0 Å². The number of rotatable bonds is 5. The molecule has 0 aliphatic carbocycles. The summed E-state index contributed by atoms with van der Waals surface area (Å²) in [4.78, 5) is 13.1. The van der Waals surface area contributed by atoms with Gasteiger partial charge >= 0.3 is 0 Å². The molecule has 35 heavy (non-hydrogen) atoms. The minimum Gasteiger partial charge on any atom is -0.474 e. The number of nitrogen functional groups attached to an aromatic ring is 1. The van der Waals surface area contributed by atoms with E-state index in [1.54, 1.807) is 36.5 Å².